The molecule has 2 rings (SSSR count). The number of aryl methyl sites for hydroxylation is 1. The van der Waals surface area contributed by atoms with E-state index in [2.05, 4.69) is 0 Å². The van der Waals surface area contributed by atoms with E-state index in [1.807, 2.05) is 6.92 Å². The van der Waals surface area contributed by atoms with Gasteiger partial charge in [-0.1, -0.05) is 17.7 Å². The number of sulfonamides is 1. The van der Waals surface area contributed by atoms with E-state index < -0.39 is 10.0 Å². The van der Waals surface area contributed by atoms with Crippen LogP contribution in [0.15, 0.2) is 23.1 Å². The van der Waals surface area contributed by atoms with E-state index >= 15 is 0 Å². The molecule has 1 heterocycles. The van der Waals surface area contributed by atoms with Gasteiger partial charge in [0.1, 0.15) is 4.90 Å². The fourth-order valence-corrected chi connectivity index (χ4v) is 4.91. The zero-order valence-electron chi connectivity index (χ0n) is 12.3. The van der Waals surface area contributed by atoms with Crippen molar-refractivity contribution in [1.82, 2.24) is 4.31 Å². The molecule has 118 valence electrons. The highest BCUT2D eigenvalue weighted by Gasteiger charge is 2.37. The van der Waals surface area contributed by atoms with Gasteiger partial charge in [0.2, 0.25) is 10.0 Å². The topological polar surface area (TPSA) is 72.6 Å². The maximum absolute atomic E-state index is 12.8. The molecule has 2 unspecified atom stereocenters. The number of benzene rings is 1. The minimum atomic E-state index is -3.64. The number of hydrogen-bond acceptors (Lipinski definition) is 4. The van der Waals surface area contributed by atoms with E-state index in [0.29, 0.717) is 19.4 Å². The average molecular weight is 333 g/mol. The number of ether oxygens (including phenoxy) is 1. The van der Waals surface area contributed by atoms with Crippen molar-refractivity contribution in [2.24, 2.45) is 5.73 Å². The molecule has 21 heavy (non-hydrogen) atoms. The Bertz CT molecular complexity index is 606. The van der Waals surface area contributed by atoms with Gasteiger partial charge in [-0.15, -0.1) is 0 Å². The number of nitrogens with two attached hydrogens (primary N) is 1. The zero-order chi connectivity index (χ0) is 15.6. The standard InChI is InChI=1S/C14H21ClN2O3S/c1-10-3-4-14(13(15)7-10)21(18,19)17-6-5-12(20-2)8-11(17)9-16/h3-4,7,11-12H,5-6,8-9,16H2,1-2H3. The first kappa shape index (κ1) is 16.7. The van der Waals surface area contributed by atoms with Gasteiger partial charge in [0, 0.05) is 26.2 Å². The summed E-state index contributed by atoms with van der Waals surface area (Å²) in [6, 6.07) is 4.71. The summed E-state index contributed by atoms with van der Waals surface area (Å²) in [6.45, 7) is 2.53. The van der Waals surface area contributed by atoms with Crippen LogP contribution < -0.4 is 5.73 Å². The molecule has 1 aliphatic heterocycles. The van der Waals surface area contributed by atoms with Crippen LogP contribution in [0.4, 0.5) is 0 Å². The van der Waals surface area contributed by atoms with Crippen molar-refractivity contribution in [2.45, 2.75) is 36.8 Å². The highest BCUT2D eigenvalue weighted by Crippen LogP contribution is 2.30. The fraction of sp³-hybridized carbons (Fsp3) is 0.571. The predicted molar refractivity (Wildman–Crippen MR) is 83.0 cm³/mol. The first-order valence-electron chi connectivity index (χ1n) is 6.91. The van der Waals surface area contributed by atoms with Crippen LogP contribution in [0.1, 0.15) is 18.4 Å². The smallest absolute Gasteiger partial charge is 0.244 e. The Morgan fingerprint density at radius 1 is 1.48 bits per heavy atom. The number of nitrogens with zero attached hydrogens (tertiary/aromatic N) is 1. The zero-order valence-corrected chi connectivity index (χ0v) is 13.8. The van der Waals surface area contributed by atoms with Gasteiger partial charge in [-0.2, -0.15) is 4.31 Å². The molecule has 0 aromatic heterocycles. The normalized spacial score (nSPS) is 24.2. The van der Waals surface area contributed by atoms with E-state index in [1.165, 1.54) is 4.31 Å². The molecule has 7 heteroatoms. The first-order valence-corrected chi connectivity index (χ1v) is 8.72. The summed E-state index contributed by atoms with van der Waals surface area (Å²) in [5, 5.41) is 0.250. The Morgan fingerprint density at radius 2 is 2.19 bits per heavy atom. The molecule has 0 radical (unpaired) electrons. The van der Waals surface area contributed by atoms with Crippen LogP contribution in [0.5, 0.6) is 0 Å². The second kappa shape index (κ2) is 6.62. The van der Waals surface area contributed by atoms with Crippen molar-refractivity contribution in [3.8, 4) is 0 Å². The lowest BCUT2D eigenvalue weighted by atomic mass is 10.0. The van der Waals surface area contributed by atoms with Crippen LogP contribution in [0.2, 0.25) is 5.02 Å². The van der Waals surface area contributed by atoms with E-state index in [1.54, 1.807) is 25.3 Å². The first-order chi connectivity index (χ1) is 9.90. The van der Waals surface area contributed by atoms with Gasteiger partial charge >= 0.3 is 0 Å². The number of piperidine rings is 1. The lowest BCUT2D eigenvalue weighted by molar-refractivity contribution is 0.0401. The minimum Gasteiger partial charge on any atom is -0.381 e. The van der Waals surface area contributed by atoms with Crippen LogP contribution in [-0.2, 0) is 14.8 Å². The SMILES string of the molecule is COC1CCN(S(=O)(=O)c2ccc(C)cc2Cl)C(CN)C1. The van der Waals surface area contributed by atoms with Crippen LogP contribution in [0, 0.1) is 6.92 Å². The number of halogens is 1. The predicted octanol–water partition coefficient (Wildman–Crippen LogP) is 1.78. The highest BCUT2D eigenvalue weighted by molar-refractivity contribution is 7.89. The molecular formula is C14H21ClN2O3S. The van der Waals surface area contributed by atoms with E-state index in [4.69, 9.17) is 22.1 Å². The van der Waals surface area contributed by atoms with Crippen molar-refractivity contribution in [3.05, 3.63) is 28.8 Å². The molecule has 1 fully saturated rings. The molecule has 0 saturated carbocycles. The minimum absolute atomic E-state index is 0.0542. The Morgan fingerprint density at radius 3 is 2.76 bits per heavy atom. The molecule has 1 aromatic rings. The van der Waals surface area contributed by atoms with Crippen LogP contribution in [0.3, 0.4) is 0 Å². The Hall–Kier alpha value is -0.660. The summed E-state index contributed by atoms with van der Waals surface area (Å²) in [7, 11) is -2.00. The van der Waals surface area contributed by atoms with Crippen molar-refractivity contribution in [2.75, 3.05) is 20.2 Å². The molecule has 2 atom stereocenters. The summed E-state index contributed by atoms with van der Waals surface area (Å²) in [5.41, 5.74) is 6.68. The van der Waals surface area contributed by atoms with Gasteiger partial charge in [-0.3, -0.25) is 0 Å². The molecule has 2 N–H and O–H groups in total. The molecule has 0 spiro atoms. The highest BCUT2D eigenvalue weighted by atomic mass is 35.5. The van der Waals surface area contributed by atoms with Gasteiger partial charge in [0.05, 0.1) is 11.1 Å². The van der Waals surface area contributed by atoms with Gasteiger partial charge in [0.15, 0.2) is 0 Å². The molecule has 1 aliphatic rings. The third-order valence-corrected chi connectivity index (χ3v) is 6.33. The number of methoxy groups -OCH3 is 1. The second-order valence-electron chi connectivity index (χ2n) is 5.32. The quantitative estimate of drug-likeness (QED) is 0.912. The third-order valence-electron chi connectivity index (χ3n) is 3.89. The van der Waals surface area contributed by atoms with E-state index in [9.17, 15) is 8.42 Å². The van der Waals surface area contributed by atoms with Crippen molar-refractivity contribution < 1.29 is 13.2 Å². The number of rotatable bonds is 4. The lowest BCUT2D eigenvalue weighted by Gasteiger charge is -2.37. The summed E-state index contributed by atoms with van der Waals surface area (Å²) >= 11 is 6.12. The molecule has 0 amide bonds. The van der Waals surface area contributed by atoms with Crippen LogP contribution >= 0.6 is 11.6 Å². The molecule has 5 nitrogen and oxygen atoms in total. The van der Waals surface area contributed by atoms with Crippen molar-refractivity contribution in [3.63, 3.8) is 0 Å². The maximum atomic E-state index is 12.8. The van der Waals surface area contributed by atoms with Gasteiger partial charge < -0.3 is 10.5 Å². The third kappa shape index (κ3) is 3.40. The summed E-state index contributed by atoms with van der Waals surface area (Å²) < 4.78 is 32.4. The van der Waals surface area contributed by atoms with E-state index in [-0.39, 0.29) is 28.6 Å². The van der Waals surface area contributed by atoms with Crippen molar-refractivity contribution >= 4 is 21.6 Å². The van der Waals surface area contributed by atoms with Crippen LogP contribution in [-0.4, -0.2) is 45.1 Å². The Labute approximate surface area is 131 Å². The molecular weight excluding hydrogens is 312 g/mol. The molecule has 0 bridgehead atoms. The molecule has 0 aliphatic carbocycles. The fourth-order valence-electron chi connectivity index (χ4n) is 2.68. The van der Waals surface area contributed by atoms with Crippen LogP contribution in [0.25, 0.3) is 0 Å². The lowest BCUT2D eigenvalue weighted by Crippen LogP contribution is -2.51. The molecule has 1 aromatic carbocycles. The second-order valence-corrected chi connectivity index (χ2v) is 7.59. The van der Waals surface area contributed by atoms with Gasteiger partial charge in [-0.25, -0.2) is 8.42 Å². The van der Waals surface area contributed by atoms with Crippen molar-refractivity contribution in [1.29, 1.82) is 0 Å². The summed E-state index contributed by atoms with van der Waals surface area (Å²) in [4.78, 5) is 0.143. The summed E-state index contributed by atoms with van der Waals surface area (Å²) in [5.74, 6) is 0. The van der Waals surface area contributed by atoms with E-state index in [0.717, 1.165) is 5.56 Å². The van der Waals surface area contributed by atoms with Gasteiger partial charge in [-0.05, 0) is 37.5 Å². The Kier molecular flexibility index (Phi) is 5.27. The maximum Gasteiger partial charge on any atom is 0.244 e. The average Bonchev–Trinajstić information content (AvgIpc) is 2.46. The monoisotopic (exact) mass is 332 g/mol. The Balaban J connectivity index is 2.34. The number of hydrogen-bond donors (Lipinski definition) is 1. The summed E-state index contributed by atoms with van der Waals surface area (Å²) in [6.07, 6.45) is 1.32. The van der Waals surface area contributed by atoms with Gasteiger partial charge in [0.25, 0.3) is 0 Å². The largest absolute Gasteiger partial charge is 0.381 e. The molecule has 1 saturated heterocycles.